The molecular formula is C22H15BrClN3O. The number of amides is 1. The Labute approximate surface area is 175 Å². The van der Waals surface area contributed by atoms with Crippen LogP contribution in [0.1, 0.15) is 15.9 Å². The first-order valence-electron chi connectivity index (χ1n) is 8.63. The number of aromatic nitrogens is 2. The Kier molecular flexibility index (Phi) is 5.37. The zero-order valence-corrected chi connectivity index (χ0v) is 17.0. The summed E-state index contributed by atoms with van der Waals surface area (Å²) in [4.78, 5) is 21.8. The third kappa shape index (κ3) is 4.06. The summed E-state index contributed by atoms with van der Waals surface area (Å²) in [6.45, 7) is 0.391. The molecule has 0 saturated heterocycles. The van der Waals surface area contributed by atoms with E-state index in [1.54, 1.807) is 12.4 Å². The van der Waals surface area contributed by atoms with Crippen molar-refractivity contribution in [2.24, 2.45) is 0 Å². The van der Waals surface area contributed by atoms with Gasteiger partial charge in [0.1, 0.15) is 0 Å². The number of halogens is 2. The lowest BCUT2D eigenvalue weighted by Crippen LogP contribution is -2.23. The lowest BCUT2D eigenvalue weighted by Gasteiger charge is -2.11. The van der Waals surface area contributed by atoms with Crippen LogP contribution in [0.4, 0.5) is 0 Å². The van der Waals surface area contributed by atoms with Crippen molar-refractivity contribution in [3.8, 4) is 11.3 Å². The molecule has 4 rings (SSSR count). The molecule has 0 atom stereocenters. The zero-order chi connectivity index (χ0) is 19.5. The van der Waals surface area contributed by atoms with Gasteiger partial charge in [0, 0.05) is 39.4 Å². The van der Waals surface area contributed by atoms with Crippen molar-refractivity contribution in [1.29, 1.82) is 0 Å². The Morgan fingerprint density at radius 3 is 2.64 bits per heavy atom. The van der Waals surface area contributed by atoms with Crippen molar-refractivity contribution in [3.05, 3.63) is 93.7 Å². The molecule has 2 aromatic carbocycles. The van der Waals surface area contributed by atoms with Gasteiger partial charge < -0.3 is 5.32 Å². The van der Waals surface area contributed by atoms with Gasteiger partial charge in [-0.2, -0.15) is 0 Å². The number of nitrogens with zero attached hydrogens (tertiary/aromatic N) is 2. The van der Waals surface area contributed by atoms with Gasteiger partial charge in [-0.05, 0) is 54.1 Å². The third-order valence-electron chi connectivity index (χ3n) is 4.33. The van der Waals surface area contributed by atoms with Gasteiger partial charge in [-0.1, -0.05) is 39.7 Å². The Morgan fingerprint density at radius 2 is 1.86 bits per heavy atom. The van der Waals surface area contributed by atoms with Gasteiger partial charge >= 0.3 is 0 Å². The molecule has 0 aliphatic carbocycles. The molecule has 1 amide bonds. The molecule has 6 heteroatoms. The molecule has 4 aromatic rings. The summed E-state index contributed by atoms with van der Waals surface area (Å²) in [5, 5.41) is 4.41. The average Bonchev–Trinajstić information content (AvgIpc) is 2.72. The number of hydrogen-bond donors (Lipinski definition) is 1. The fourth-order valence-corrected chi connectivity index (χ4v) is 3.55. The van der Waals surface area contributed by atoms with Gasteiger partial charge in [0.2, 0.25) is 0 Å². The lowest BCUT2D eigenvalue weighted by atomic mass is 10.0. The maximum absolute atomic E-state index is 13.0. The minimum atomic E-state index is -0.166. The first-order valence-corrected chi connectivity index (χ1v) is 9.80. The topological polar surface area (TPSA) is 54.9 Å². The fourth-order valence-electron chi connectivity index (χ4n) is 2.98. The molecular weight excluding hydrogens is 438 g/mol. The molecule has 0 unspecified atom stereocenters. The second-order valence-corrected chi connectivity index (χ2v) is 7.62. The van der Waals surface area contributed by atoms with E-state index >= 15 is 0 Å². The van der Waals surface area contributed by atoms with Crippen LogP contribution < -0.4 is 5.32 Å². The number of carbonyl (C=O) groups is 1. The molecule has 2 aromatic heterocycles. The number of pyridine rings is 2. The highest BCUT2D eigenvalue weighted by atomic mass is 79.9. The number of nitrogens with one attached hydrogen (secondary N) is 1. The van der Waals surface area contributed by atoms with E-state index in [2.05, 4.69) is 26.2 Å². The van der Waals surface area contributed by atoms with Crippen LogP contribution >= 0.6 is 27.5 Å². The number of rotatable bonds is 4. The zero-order valence-electron chi connectivity index (χ0n) is 14.7. The summed E-state index contributed by atoms with van der Waals surface area (Å²) in [7, 11) is 0. The van der Waals surface area contributed by atoms with Gasteiger partial charge in [0.15, 0.2) is 0 Å². The average molecular weight is 453 g/mol. The first kappa shape index (κ1) is 18.6. The normalized spacial score (nSPS) is 10.8. The fraction of sp³-hybridized carbons (Fsp3) is 0.0455. The van der Waals surface area contributed by atoms with E-state index in [-0.39, 0.29) is 5.91 Å². The Morgan fingerprint density at radius 1 is 1.04 bits per heavy atom. The van der Waals surface area contributed by atoms with E-state index in [1.165, 1.54) is 0 Å². The molecule has 0 aliphatic heterocycles. The maximum atomic E-state index is 13.0. The van der Waals surface area contributed by atoms with Crippen molar-refractivity contribution < 1.29 is 4.79 Å². The monoisotopic (exact) mass is 451 g/mol. The van der Waals surface area contributed by atoms with Crippen molar-refractivity contribution >= 4 is 44.3 Å². The van der Waals surface area contributed by atoms with Gasteiger partial charge in [-0.3, -0.25) is 9.78 Å². The first-order chi connectivity index (χ1) is 13.6. The predicted molar refractivity (Wildman–Crippen MR) is 115 cm³/mol. The van der Waals surface area contributed by atoms with Crippen LogP contribution in [0.15, 0.2) is 77.5 Å². The molecule has 0 saturated carbocycles. The van der Waals surface area contributed by atoms with Crippen LogP contribution in [0.2, 0.25) is 5.02 Å². The van der Waals surface area contributed by atoms with Crippen molar-refractivity contribution in [2.45, 2.75) is 6.54 Å². The van der Waals surface area contributed by atoms with E-state index in [9.17, 15) is 4.79 Å². The Bertz CT molecular complexity index is 1170. The molecule has 4 nitrogen and oxygen atoms in total. The summed E-state index contributed by atoms with van der Waals surface area (Å²) < 4.78 is 0.891. The van der Waals surface area contributed by atoms with Crippen LogP contribution in [0.3, 0.4) is 0 Å². The summed E-state index contributed by atoms with van der Waals surface area (Å²) in [6, 6.07) is 18.7. The third-order valence-corrected chi connectivity index (χ3v) is 5.06. The number of benzene rings is 2. The quantitative estimate of drug-likeness (QED) is 0.436. The molecule has 0 fully saturated rings. The molecule has 0 bridgehead atoms. The van der Waals surface area contributed by atoms with Crippen LogP contribution in [-0.2, 0) is 6.54 Å². The highest BCUT2D eigenvalue weighted by molar-refractivity contribution is 9.10. The molecule has 28 heavy (non-hydrogen) atoms. The van der Waals surface area contributed by atoms with Gasteiger partial charge in [-0.15, -0.1) is 0 Å². The van der Waals surface area contributed by atoms with Crippen molar-refractivity contribution in [3.63, 3.8) is 0 Å². The highest BCUT2D eigenvalue weighted by Crippen LogP contribution is 2.27. The maximum Gasteiger partial charge on any atom is 0.252 e. The van der Waals surface area contributed by atoms with Crippen LogP contribution in [0, 0.1) is 0 Å². The van der Waals surface area contributed by atoms with E-state index in [0.29, 0.717) is 17.1 Å². The number of fused-ring (bicyclic) bond motifs is 1. The standard InChI is InChI=1S/C22H15BrClN3O/c23-16-4-5-20-18(11-16)19(12-21(27-20)15-6-8-25-9-7-15)22(28)26-13-14-2-1-3-17(24)10-14/h1-12H,13H2,(H,26,28). The lowest BCUT2D eigenvalue weighted by molar-refractivity contribution is 0.0952. The minimum absolute atomic E-state index is 0.166. The highest BCUT2D eigenvalue weighted by Gasteiger charge is 2.14. The van der Waals surface area contributed by atoms with E-state index in [0.717, 1.165) is 32.2 Å². The van der Waals surface area contributed by atoms with Crippen LogP contribution in [-0.4, -0.2) is 15.9 Å². The Hall–Kier alpha value is -2.76. The summed E-state index contributed by atoms with van der Waals surface area (Å²) in [6.07, 6.45) is 3.42. The second kappa shape index (κ2) is 8.09. The molecule has 0 aliphatic rings. The largest absolute Gasteiger partial charge is 0.348 e. The van der Waals surface area contributed by atoms with Gasteiger partial charge in [0.25, 0.3) is 5.91 Å². The van der Waals surface area contributed by atoms with Crippen molar-refractivity contribution in [1.82, 2.24) is 15.3 Å². The second-order valence-electron chi connectivity index (χ2n) is 6.27. The summed E-state index contributed by atoms with van der Waals surface area (Å²) >= 11 is 9.51. The molecule has 2 heterocycles. The van der Waals surface area contributed by atoms with Crippen molar-refractivity contribution in [2.75, 3.05) is 0 Å². The molecule has 0 spiro atoms. The predicted octanol–water partition coefficient (Wildman–Crippen LogP) is 5.64. The van der Waals surface area contributed by atoms with Gasteiger partial charge in [0.05, 0.1) is 16.8 Å². The molecule has 138 valence electrons. The smallest absolute Gasteiger partial charge is 0.252 e. The summed E-state index contributed by atoms with van der Waals surface area (Å²) in [5.74, 6) is -0.166. The van der Waals surface area contributed by atoms with E-state index < -0.39 is 0 Å². The van der Waals surface area contributed by atoms with Crippen LogP contribution in [0.5, 0.6) is 0 Å². The van der Waals surface area contributed by atoms with E-state index in [4.69, 9.17) is 16.6 Å². The summed E-state index contributed by atoms with van der Waals surface area (Å²) in [5.41, 5.74) is 3.90. The van der Waals surface area contributed by atoms with Crippen LogP contribution in [0.25, 0.3) is 22.2 Å². The van der Waals surface area contributed by atoms with Gasteiger partial charge in [-0.25, -0.2) is 4.98 Å². The van der Waals surface area contributed by atoms with E-state index in [1.807, 2.05) is 60.7 Å². The molecule has 1 N–H and O–H groups in total. The Balaban J connectivity index is 1.73. The minimum Gasteiger partial charge on any atom is -0.348 e. The molecule has 0 radical (unpaired) electrons. The number of hydrogen-bond acceptors (Lipinski definition) is 3. The SMILES string of the molecule is O=C(NCc1cccc(Cl)c1)c1cc(-c2ccncc2)nc2ccc(Br)cc12. The number of carbonyl (C=O) groups excluding carboxylic acids is 1.